The molecular weight excluding hydrogens is 346 g/mol. The average molecular weight is 367 g/mol. The van der Waals surface area contributed by atoms with Crippen LogP contribution in [-0.2, 0) is 11.3 Å². The van der Waals surface area contributed by atoms with Gasteiger partial charge in [-0.2, -0.15) is 0 Å². The van der Waals surface area contributed by atoms with Crippen LogP contribution in [0.3, 0.4) is 0 Å². The molecule has 0 unspecified atom stereocenters. The number of benzene rings is 2. The molecule has 1 heterocycles. The van der Waals surface area contributed by atoms with Crippen molar-refractivity contribution in [2.45, 2.75) is 12.8 Å². The molecule has 0 fully saturated rings. The fourth-order valence-electron chi connectivity index (χ4n) is 3.56. The molecule has 0 bridgehead atoms. The van der Waals surface area contributed by atoms with Crippen LogP contribution in [0.25, 0.3) is 11.6 Å². The Hall–Kier alpha value is -3.15. The predicted molar refractivity (Wildman–Crippen MR) is 103 cm³/mol. The van der Waals surface area contributed by atoms with E-state index in [-0.39, 0.29) is 6.79 Å². The summed E-state index contributed by atoms with van der Waals surface area (Å²) in [5.41, 5.74) is 5.46. The van der Waals surface area contributed by atoms with Crippen LogP contribution < -0.4 is 18.9 Å². The molecule has 0 saturated carbocycles. The largest absolute Gasteiger partial charge is 0.493 e. The molecule has 0 atom stereocenters. The summed E-state index contributed by atoms with van der Waals surface area (Å²) >= 11 is 0. The van der Waals surface area contributed by atoms with Gasteiger partial charge in [0.15, 0.2) is 23.0 Å². The van der Waals surface area contributed by atoms with E-state index in [1.54, 1.807) is 20.4 Å². The zero-order valence-electron chi connectivity index (χ0n) is 15.6. The quantitative estimate of drug-likeness (QED) is 0.593. The maximum atomic E-state index is 5.59. The van der Waals surface area contributed by atoms with E-state index >= 15 is 0 Å². The van der Waals surface area contributed by atoms with Crippen LogP contribution in [0, 0.1) is 0 Å². The summed E-state index contributed by atoms with van der Waals surface area (Å²) in [6.07, 6.45) is 5.67. The van der Waals surface area contributed by atoms with Crippen LogP contribution in [0.4, 0.5) is 0 Å². The van der Waals surface area contributed by atoms with Gasteiger partial charge in [-0.05, 0) is 53.3 Å². The predicted octanol–water partition coefficient (Wildman–Crippen LogP) is 3.90. The van der Waals surface area contributed by atoms with Gasteiger partial charge < -0.3 is 23.8 Å². The van der Waals surface area contributed by atoms with Crippen LogP contribution in [0.15, 0.2) is 29.4 Å². The van der Waals surface area contributed by atoms with Crippen molar-refractivity contribution in [3.05, 3.63) is 46.5 Å². The molecule has 2 aromatic carbocycles. The molecule has 0 aromatic heterocycles. The van der Waals surface area contributed by atoms with Crippen molar-refractivity contribution in [1.82, 2.24) is 0 Å². The summed E-state index contributed by atoms with van der Waals surface area (Å²) < 4.78 is 22.0. The molecule has 4 rings (SSSR count). The molecule has 6 nitrogen and oxygen atoms in total. The Balaban J connectivity index is 1.82. The maximum absolute atomic E-state index is 5.59. The summed E-state index contributed by atoms with van der Waals surface area (Å²) in [4.78, 5) is 4.89. The normalized spacial score (nSPS) is 14.7. The SMILES string of the molecule is CO/N=C/c1c(C2=Cc3cc4c(cc3CC2)OCO4)ccc(OC)c1OC. The molecule has 140 valence electrons. The lowest BCUT2D eigenvalue weighted by atomic mass is 9.86. The van der Waals surface area contributed by atoms with E-state index in [1.165, 1.54) is 18.2 Å². The van der Waals surface area contributed by atoms with Gasteiger partial charge in [0.05, 0.1) is 20.4 Å². The van der Waals surface area contributed by atoms with Crippen molar-refractivity contribution < 1.29 is 23.8 Å². The summed E-state index contributed by atoms with van der Waals surface area (Å²) in [5, 5.41) is 3.95. The van der Waals surface area contributed by atoms with Crippen molar-refractivity contribution in [3.8, 4) is 23.0 Å². The van der Waals surface area contributed by atoms with Crippen molar-refractivity contribution in [3.63, 3.8) is 0 Å². The second-order valence-electron chi connectivity index (χ2n) is 6.25. The lowest BCUT2D eigenvalue weighted by Crippen LogP contribution is -2.04. The molecule has 27 heavy (non-hydrogen) atoms. The first-order chi connectivity index (χ1) is 13.2. The molecule has 6 heteroatoms. The molecule has 0 amide bonds. The molecular formula is C21H21NO5. The minimum Gasteiger partial charge on any atom is -0.493 e. The Bertz CT molecular complexity index is 933. The Morgan fingerprint density at radius 3 is 2.56 bits per heavy atom. The third-order valence-corrected chi connectivity index (χ3v) is 4.84. The van der Waals surface area contributed by atoms with Gasteiger partial charge in [-0.1, -0.05) is 17.3 Å². The number of fused-ring (bicyclic) bond motifs is 2. The van der Waals surface area contributed by atoms with Gasteiger partial charge in [0.2, 0.25) is 6.79 Å². The van der Waals surface area contributed by atoms with E-state index in [0.717, 1.165) is 41.0 Å². The number of nitrogens with zero attached hydrogens (tertiary/aromatic N) is 1. The highest BCUT2D eigenvalue weighted by Crippen LogP contribution is 2.42. The van der Waals surface area contributed by atoms with E-state index < -0.39 is 0 Å². The maximum Gasteiger partial charge on any atom is 0.231 e. The topological polar surface area (TPSA) is 58.5 Å². The van der Waals surface area contributed by atoms with Gasteiger partial charge in [-0.25, -0.2) is 0 Å². The first-order valence-electron chi connectivity index (χ1n) is 8.70. The molecule has 0 radical (unpaired) electrons. The van der Waals surface area contributed by atoms with Gasteiger partial charge in [0, 0.05) is 5.56 Å². The van der Waals surface area contributed by atoms with E-state index in [9.17, 15) is 0 Å². The number of methoxy groups -OCH3 is 2. The molecule has 1 aliphatic carbocycles. The first-order valence-corrected chi connectivity index (χ1v) is 8.70. The summed E-state index contributed by atoms with van der Waals surface area (Å²) in [7, 11) is 4.76. The average Bonchev–Trinajstić information content (AvgIpc) is 3.16. The minimum absolute atomic E-state index is 0.280. The fraction of sp³-hybridized carbons (Fsp3) is 0.286. The van der Waals surface area contributed by atoms with Gasteiger partial charge in [-0.15, -0.1) is 0 Å². The third kappa shape index (κ3) is 3.07. The van der Waals surface area contributed by atoms with E-state index in [0.29, 0.717) is 11.5 Å². The number of oxime groups is 1. The molecule has 0 spiro atoms. The summed E-state index contributed by atoms with van der Waals surface area (Å²) in [6.45, 7) is 0.280. The zero-order valence-corrected chi connectivity index (χ0v) is 15.6. The third-order valence-electron chi connectivity index (χ3n) is 4.84. The standard InChI is InChI=1S/C21H21NO5/c1-23-18-7-6-16(17(11-22-25-3)21(18)24-2)14-5-4-13-9-19-20(27-12-26-19)10-15(13)8-14/h6-11H,4-5,12H2,1-3H3/b22-11+. The number of allylic oxidation sites excluding steroid dienone is 1. The fourth-order valence-corrected chi connectivity index (χ4v) is 3.56. The van der Waals surface area contributed by atoms with Gasteiger partial charge >= 0.3 is 0 Å². The van der Waals surface area contributed by atoms with Crippen LogP contribution in [0.2, 0.25) is 0 Å². The lowest BCUT2D eigenvalue weighted by molar-refractivity contribution is 0.174. The van der Waals surface area contributed by atoms with Crippen LogP contribution >= 0.6 is 0 Å². The van der Waals surface area contributed by atoms with Crippen molar-refractivity contribution >= 4 is 17.9 Å². The van der Waals surface area contributed by atoms with Gasteiger partial charge in [-0.3, -0.25) is 0 Å². The highest BCUT2D eigenvalue weighted by molar-refractivity contribution is 5.97. The number of aryl methyl sites for hydroxylation is 1. The van der Waals surface area contributed by atoms with Crippen molar-refractivity contribution in [1.29, 1.82) is 0 Å². The smallest absolute Gasteiger partial charge is 0.231 e. The number of hydrogen-bond donors (Lipinski definition) is 0. The van der Waals surface area contributed by atoms with E-state index in [4.69, 9.17) is 23.8 Å². The molecule has 1 aliphatic heterocycles. The highest BCUT2D eigenvalue weighted by atomic mass is 16.7. The number of ether oxygens (including phenoxy) is 4. The Labute approximate surface area is 157 Å². The molecule has 0 saturated heterocycles. The number of hydrogen-bond acceptors (Lipinski definition) is 6. The van der Waals surface area contributed by atoms with Gasteiger partial charge in [0.25, 0.3) is 0 Å². The monoisotopic (exact) mass is 367 g/mol. The Morgan fingerprint density at radius 1 is 1.00 bits per heavy atom. The molecule has 0 N–H and O–H groups in total. The second-order valence-corrected chi connectivity index (χ2v) is 6.25. The van der Waals surface area contributed by atoms with Crippen LogP contribution in [-0.4, -0.2) is 34.3 Å². The van der Waals surface area contributed by atoms with Crippen LogP contribution in [0.1, 0.15) is 28.7 Å². The Kier molecular flexibility index (Phi) is 4.62. The summed E-state index contributed by atoms with van der Waals surface area (Å²) in [5.74, 6) is 2.90. The zero-order chi connectivity index (χ0) is 18.8. The van der Waals surface area contributed by atoms with E-state index in [2.05, 4.69) is 17.3 Å². The molecule has 2 aliphatic rings. The summed E-state index contributed by atoms with van der Waals surface area (Å²) in [6, 6.07) is 8.06. The van der Waals surface area contributed by atoms with Gasteiger partial charge in [0.1, 0.15) is 7.11 Å². The van der Waals surface area contributed by atoms with Crippen molar-refractivity contribution in [2.75, 3.05) is 28.1 Å². The van der Waals surface area contributed by atoms with E-state index in [1.807, 2.05) is 18.2 Å². The minimum atomic E-state index is 0.280. The lowest BCUT2D eigenvalue weighted by Gasteiger charge is -2.20. The second kappa shape index (κ2) is 7.23. The number of rotatable bonds is 5. The highest BCUT2D eigenvalue weighted by Gasteiger charge is 2.22. The van der Waals surface area contributed by atoms with Crippen LogP contribution in [0.5, 0.6) is 23.0 Å². The van der Waals surface area contributed by atoms with Crippen molar-refractivity contribution in [2.24, 2.45) is 5.16 Å². The molecule has 2 aromatic rings. The first kappa shape index (κ1) is 17.3. The Morgan fingerprint density at radius 2 is 1.81 bits per heavy atom.